The molecule has 0 fully saturated rings. The molecule has 6 nitrogen and oxygen atoms in total. The molecule has 1 aliphatic rings. The van der Waals surface area contributed by atoms with E-state index in [0.717, 1.165) is 5.56 Å². The molecule has 4 rings (SSSR count). The molecule has 30 heavy (non-hydrogen) atoms. The second-order valence-corrected chi connectivity index (χ2v) is 8.54. The van der Waals surface area contributed by atoms with E-state index in [1.807, 2.05) is 30.3 Å². The summed E-state index contributed by atoms with van der Waals surface area (Å²) in [6.07, 6.45) is 0. The van der Waals surface area contributed by atoms with Gasteiger partial charge < -0.3 is 14.2 Å². The highest BCUT2D eigenvalue weighted by molar-refractivity contribution is 7.93. The number of ether oxygens (including phenoxy) is 3. The molecule has 1 heterocycles. The fourth-order valence-corrected chi connectivity index (χ4v) is 5.24. The molecule has 0 unspecified atom stereocenters. The van der Waals surface area contributed by atoms with Crippen LogP contribution in [0.5, 0.6) is 17.2 Å². The summed E-state index contributed by atoms with van der Waals surface area (Å²) in [4.78, 5) is 0.0214. The molecule has 0 spiro atoms. The second-order valence-electron chi connectivity index (χ2n) is 6.70. The van der Waals surface area contributed by atoms with Gasteiger partial charge in [-0.3, -0.25) is 4.31 Å². The first-order chi connectivity index (χ1) is 14.4. The summed E-state index contributed by atoms with van der Waals surface area (Å²) in [5.74, 6) is 0.00365. The van der Waals surface area contributed by atoms with Crippen molar-refractivity contribution >= 4 is 15.7 Å². The maximum absolute atomic E-state index is 14.6. The van der Waals surface area contributed by atoms with Crippen LogP contribution in [0, 0.1) is 5.82 Å². The first kappa shape index (κ1) is 20.0. The van der Waals surface area contributed by atoms with Gasteiger partial charge in [-0.2, -0.15) is 0 Å². The Kier molecular flexibility index (Phi) is 5.03. The zero-order chi connectivity index (χ0) is 21.5. The van der Waals surface area contributed by atoms with Gasteiger partial charge in [-0.15, -0.1) is 0 Å². The van der Waals surface area contributed by atoms with Crippen LogP contribution in [0.4, 0.5) is 10.1 Å². The fraction of sp³-hybridized carbons (Fsp3) is 0.182. The third kappa shape index (κ3) is 3.13. The van der Waals surface area contributed by atoms with E-state index < -0.39 is 15.8 Å². The summed E-state index contributed by atoms with van der Waals surface area (Å²) in [6, 6.07) is 14.8. The van der Waals surface area contributed by atoms with Crippen LogP contribution in [0.3, 0.4) is 0 Å². The summed E-state index contributed by atoms with van der Waals surface area (Å²) in [5.41, 5.74) is 1.89. The van der Waals surface area contributed by atoms with Crippen LogP contribution in [0.1, 0.15) is 5.56 Å². The number of methoxy groups -OCH3 is 3. The van der Waals surface area contributed by atoms with Crippen LogP contribution in [-0.4, -0.2) is 29.7 Å². The predicted octanol–water partition coefficient (Wildman–Crippen LogP) is 4.23. The minimum absolute atomic E-state index is 0.0214. The summed E-state index contributed by atoms with van der Waals surface area (Å²) in [6.45, 7) is 0.0821. The van der Waals surface area contributed by atoms with Crippen LogP contribution in [-0.2, 0) is 16.6 Å². The molecule has 0 bridgehead atoms. The standard InChI is InChI=1S/C22H20FNO5S/c1-27-19-11-18-15(9-17(19)23)16-10-20(28-2)21(29-3)12-22(16)30(25,26)24(18)13-14-7-5-4-6-8-14/h4-12H,13H2,1-3H3. The van der Waals surface area contributed by atoms with E-state index in [1.165, 1.54) is 43.8 Å². The van der Waals surface area contributed by atoms with Crippen LogP contribution in [0.2, 0.25) is 0 Å². The number of anilines is 1. The van der Waals surface area contributed by atoms with Gasteiger partial charge >= 0.3 is 0 Å². The average molecular weight is 429 g/mol. The maximum Gasteiger partial charge on any atom is 0.265 e. The molecule has 0 atom stereocenters. The summed E-state index contributed by atoms with van der Waals surface area (Å²) < 4.78 is 58.8. The molecule has 156 valence electrons. The normalized spacial score (nSPS) is 13.9. The fourth-order valence-electron chi connectivity index (χ4n) is 3.57. The van der Waals surface area contributed by atoms with Crippen LogP contribution in [0.25, 0.3) is 11.1 Å². The third-order valence-electron chi connectivity index (χ3n) is 5.05. The second kappa shape index (κ2) is 7.53. The average Bonchev–Trinajstić information content (AvgIpc) is 2.76. The molecule has 0 radical (unpaired) electrons. The zero-order valence-corrected chi connectivity index (χ0v) is 17.5. The smallest absolute Gasteiger partial charge is 0.265 e. The molecule has 1 aliphatic heterocycles. The quantitative estimate of drug-likeness (QED) is 0.607. The molecular formula is C22H20FNO5S. The molecular weight excluding hydrogens is 409 g/mol. The van der Waals surface area contributed by atoms with Crippen molar-refractivity contribution < 1.29 is 27.0 Å². The summed E-state index contributed by atoms with van der Waals surface area (Å²) >= 11 is 0. The molecule has 0 amide bonds. The first-order valence-corrected chi connectivity index (χ1v) is 10.5. The number of fused-ring (bicyclic) bond motifs is 3. The van der Waals surface area contributed by atoms with Gasteiger partial charge in [0.05, 0.1) is 38.5 Å². The Balaban J connectivity index is 2.02. The number of rotatable bonds is 5. The van der Waals surface area contributed by atoms with Crippen molar-refractivity contribution in [1.29, 1.82) is 0 Å². The lowest BCUT2D eigenvalue weighted by Gasteiger charge is -2.33. The number of sulfonamides is 1. The first-order valence-electron chi connectivity index (χ1n) is 9.11. The Labute approximate surface area is 174 Å². The van der Waals surface area contributed by atoms with Gasteiger partial charge in [0.2, 0.25) is 0 Å². The molecule has 0 aromatic heterocycles. The topological polar surface area (TPSA) is 65.1 Å². The Morgan fingerprint density at radius 3 is 2.10 bits per heavy atom. The van der Waals surface area contributed by atoms with Gasteiger partial charge in [0.15, 0.2) is 23.1 Å². The van der Waals surface area contributed by atoms with Gasteiger partial charge in [-0.05, 0) is 17.7 Å². The minimum atomic E-state index is -3.97. The lowest BCUT2D eigenvalue weighted by Crippen LogP contribution is -2.34. The van der Waals surface area contributed by atoms with E-state index in [1.54, 1.807) is 6.07 Å². The highest BCUT2D eigenvalue weighted by Gasteiger charge is 2.37. The van der Waals surface area contributed by atoms with E-state index in [0.29, 0.717) is 22.6 Å². The molecule has 0 saturated carbocycles. The molecule has 3 aromatic rings. The maximum atomic E-state index is 14.6. The van der Waals surface area contributed by atoms with Gasteiger partial charge in [0.25, 0.3) is 10.0 Å². The van der Waals surface area contributed by atoms with Crippen molar-refractivity contribution in [3.8, 4) is 28.4 Å². The van der Waals surface area contributed by atoms with Gasteiger partial charge in [0.1, 0.15) is 0 Å². The minimum Gasteiger partial charge on any atom is -0.494 e. The lowest BCUT2D eigenvalue weighted by molar-refractivity contribution is 0.354. The molecule has 0 saturated heterocycles. The highest BCUT2D eigenvalue weighted by atomic mass is 32.2. The summed E-state index contributed by atoms with van der Waals surface area (Å²) in [7, 11) is 0.256. The molecule has 0 N–H and O–H groups in total. The van der Waals surface area contributed by atoms with Crippen molar-refractivity contribution in [3.05, 3.63) is 66.0 Å². The van der Waals surface area contributed by atoms with E-state index >= 15 is 0 Å². The van der Waals surface area contributed by atoms with Crippen molar-refractivity contribution in [3.63, 3.8) is 0 Å². The number of halogens is 1. The van der Waals surface area contributed by atoms with Crippen molar-refractivity contribution in [2.45, 2.75) is 11.4 Å². The zero-order valence-electron chi connectivity index (χ0n) is 16.7. The van der Waals surface area contributed by atoms with Gasteiger partial charge in [-0.1, -0.05) is 30.3 Å². The predicted molar refractivity (Wildman–Crippen MR) is 111 cm³/mol. The van der Waals surface area contributed by atoms with Crippen LogP contribution >= 0.6 is 0 Å². The van der Waals surface area contributed by atoms with Crippen molar-refractivity contribution in [1.82, 2.24) is 0 Å². The Morgan fingerprint density at radius 1 is 0.833 bits per heavy atom. The number of hydrogen-bond donors (Lipinski definition) is 0. The van der Waals surface area contributed by atoms with E-state index in [2.05, 4.69) is 0 Å². The highest BCUT2D eigenvalue weighted by Crippen LogP contribution is 2.49. The SMILES string of the molecule is COc1cc2c(cc1F)-c1cc(OC)c(OC)cc1S(=O)(=O)N2Cc1ccccc1. The van der Waals surface area contributed by atoms with E-state index in [4.69, 9.17) is 14.2 Å². The molecule has 8 heteroatoms. The lowest BCUT2D eigenvalue weighted by atomic mass is 10.0. The number of hydrogen-bond acceptors (Lipinski definition) is 5. The van der Waals surface area contributed by atoms with Crippen LogP contribution < -0.4 is 18.5 Å². The Hall–Kier alpha value is -3.26. The van der Waals surface area contributed by atoms with E-state index in [9.17, 15) is 12.8 Å². The number of nitrogens with zero attached hydrogens (tertiary/aromatic N) is 1. The largest absolute Gasteiger partial charge is 0.494 e. The molecule has 3 aromatic carbocycles. The monoisotopic (exact) mass is 429 g/mol. The van der Waals surface area contributed by atoms with Crippen molar-refractivity contribution in [2.24, 2.45) is 0 Å². The molecule has 0 aliphatic carbocycles. The van der Waals surface area contributed by atoms with Crippen molar-refractivity contribution in [2.75, 3.05) is 25.6 Å². The third-order valence-corrected chi connectivity index (χ3v) is 6.85. The Bertz CT molecular complexity index is 1210. The van der Waals surface area contributed by atoms with E-state index in [-0.39, 0.29) is 22.9 Å². The van der Waals surface area contributed by atoms with Crippen LogP contribution in [0.15, 0.2) is 59.5 Å². The van der Waals surface area contributed by atoms with Gasteiger partial charge in [-0.25, -0.2) is 12.8 Å². The Morgan fingerprint density at radius 2 is 1.47 bits per heavy atom. The van der Waals surface area contributed by atoms with Gasteiger partial charge in [0, 0.05) is 23.3 Å². The number of benzene rings is 3. The summed E-state index contributed by atoms with van der Waals surface area (Å²) in [5, 5.41) is 0.